The number of likely N-dealkylation sites (N-methyl/N-ethyl adjacent to an activating group) is 1. The number of nitrogens with zero attached hydrogens (tertiary/aromatic N) is 3. The number of carbonyl (C=O) groups excluding carboxylic acids is 1. The van der Waals surface area contributed by atoms with E-state index in [2.05, 4.69) is 36.4 Å². The zero-order valence-electron chi connectivity index (χ0n) is 18.0. The lowest BCUT2D eigenvalue weighted by Crippen LogP contribution is -2.39. The Kier molecular flexibility index (Phi) is 6.55. The van der Waals surface area contributed by atoms with Gasteiger partial charge >= 0.3 is 0 Å². The van der Waals surface area contributed by atoms with E-state index in [9.17, 15) is 9.90 Å². The molecule has 2 aromatic rings. The third-order valence-corrected chi connectivity index (χ3v) is 6.16. The fourth-order valence-electron chi connectivity index (χ4n) is 3.65. The van der Waals surface area contributed by atoms with E-state index in [1.54, 1.807) is 23.6 Å². The summed E-state index contributed by atoms with van der Waals surface area (Å²) in [5.74, 6) is 0.491. The zero-order chi connectivity index (χ0) is 22.2. The molecule has 0 spiro atoms. The van der Waals surface area contributed by atoms with Gasteiger partial charge in [-0.05, 0) is 30.0 Å². The van der Waals surface area contributed by atoms with Gasteiger partial charge in [-0.2, -0.15) is 0 Å². The number of phenols is 1. The molecule has 1 atom stereocenters. The number of carbonyl (C=O) groups is 1. The molecule has 1 fully saturated rings. The smallest absolute Gasteiger partial charge is 0.273 e. The molecule has 3 rings (SSSR count). The lowest BCUT2D eigenvalue weighted by atomic mass is 9.86. The first-order valence-electron chi connectivity index (χ1n) is 9.96. The van der Waals surface area contributed by atoms with Crippen LogP contribution in [0.5, 0.6) is 5.75 Å². The average molecular weight is 454 g/mol. The molecule has 0 bridgehead atoms. The van der Waals surface area contributed by atoms with Gasteiger partial charge in [0.05, 0.1) is 12.2 Å². The van der Waals surface area contributed by atoms with Crippen LogP contribution in [-0.2, 0) is 19.0 Å². The number of hydrogen-bond donors (Lipinski definition) is 3. The molecule has 2 heterocycles. The summed E-state index contributed by atoms with van der Waals surface area (Å²) in [6.07, 6.45) is 0.915. The highest BCUT2D eigenvalue weighted by Crippen LogP contribution is 2.37. The Morgan fingerprint density at radius 1 is 1.40 bits per heavy atom. The molecular weight excluding hydrogens is 425 g/mol. The van der Waals surface area contributed by atoms with Gasteiger partial charge in [-0.3, -0.25) is 4.79 Å². The van der Waals surface area contributed by atoms with E-state index in [-0.39, 0.29) is 34.8 Å². The summed E-state index contributed by atoms with van der Waals surface area (Å²) in [4.78, 5) is 19.1. The van der Waals surface area contributed by atoms with Crippen molar-refractivity contribution in [3.05, 3.63) is 39.4 Å². The van der Waals surface area contributed by atoms with Gasteiger partial charge in [-0.1, -0.05) is 44.0 Å². The number of nitrogens with one attached hydrogen (secondary N) is 2. The Bertz CT molecular complexity index is 946. The number of amides is 1. The van der Waals surface area contributed by atoms with Gasteiger partial charge in [-0.25, -0.2) is 4.98 Å². The SMILES string of the molecule is CN(C(=O)c1c(Cl)nc(CNc2cc(C(C)(C)C)c(Cl)cc2O)n1C)[C@@H]1CCNC1. The summed E-state index contributed by atoms with van der Waals surface area (Å²) >= 11 is 12.6. The molecule has 1 aromatic heterocycles. The van der Waals surface area contributed by atoms with Crippen molar-refractivity contribution in [2.24, 2.45) is 7.05 Å². The van der Waals surface area contributed by atoms with Crippen LogP contribution in [0.15, 0.2) is 12.1 Å². The number of rotatable bonds is 5. The number of aromatic nitrogens is 2. The molecule has 164 valence electrons. The van der Waals surface area contributed by atoms with E-state index in [1.165, 1.54) is 6.07 Å². The predicted molar refractivity (Wildman–Crippen MR) is 121 cm³/mol. The van der Waals surface area contributed by atoms with Crippen LogP contribution in [-0.4, -0.2) is 51.6 Å². The first-order valence-corrected chi connectivity index (χ1v) is 10.7. The van der Waals surface area contributed by atoms with Crippen LogP contribution in [0.4, 0.5) is 5.69 Å². The molecule has 0 unspecified atom stereocenters. The van der Waals surface area contributed by atoms with E-state index in [1.807, 2.05) is 6.07 Å². The minimum absolute atomic E-state index is 0.0538. The van der Waals surface area contributed by atoms with Crippen molar-refractivity contribution in [1.29, 1.82) is 0 Å². The second-order valence-electron chi connectivity index (χ2n) is 8.74. The van der Waals surface area contributed by atoms with Crippen LogP contribution in [0.3, 0.4) is 0 Å². The molecule has 1 saturated heterocycles. The number of hydrogen-bond acceptors (Lipinski definition) is 5. The summed E-state index contributed by atoms with van der Waals surface area (Å²) in [7, 11) is 3.56. The molecule has 3 N–H and O–H groups in total. The van der Waals surface area contributed by atoms with Crippen LogP contribution in [0.25, 0.3) is 0 Å². The molecule has 30 heavy (non-hydrogen) atoms. The van der Waals surface area contributed by atoms with Crippen molar-refractivity contribution in [3.63, 3.8) is 0 Å². The summed E-state index contributed by atoms with van der Waals surface area (Å²) < 4.78 is 1.70. The van der Waals surface area contributed by atoms with E-state index in [4.69, 9.17) is 23.2 Å². The zero-order valence-corrected chi connectivity index (χ0v) is 19.5. The van der Waals surface area contributed by atoms with Crippen molar-refractivity contribution in [3.8, 4) is 5.75 Å². The Morgan fingerprint density at radius 3 is 2.70 bits per heavy atom. The van der Waals surface area contributed by atoms with E-state index in [0.29, 0.717) is 22.2 Å². The van der Waals surface area contributed by atoms with Crippen molar-refractivity contribution in [1.82, 2.24) is 19.8 Å². The highest BCUT2D eigenvalue weighted by Gasteiger charge is 2.29. The van der Waals surface area contributed by atoms with Crippen LogP contribution in [0.2, 0.25) is 10.2 Å². The maximum absolute atomic E-state index is 13.0. The van der Waals surface area contributed by atoms with Crippen molar-refractivity contribution >= 4 is 34.8 Å². The Labute approximate surface area is 187 Å². The van der Waals surface area contributed by atoms with Crippen LogP contribution >= 0.6 is 23.2 Å². The second-order valence-corrected chi connectivity index (χ2v) is 9.51. The van der Waals surface area contributed by atoms with E-state index in [0.717, 1.165) is 25.1 Å². The number of aromatic hydroxyl groups is 1. The van der Waals surface area contributed by atoms with Gasteiger partial charge in [0, 0.05) is 37.8 Å². The monoisotopic (exact) mass is 453 g/mol. The summed E-state index contributed by atoms with van der Waals surface area (Å²) in [5, 5.41) is 17.4. The number of benzene rings is 1. The normalized spacial score (nSPS) is 16.7. The van der Waals surface area contributed by atoms with E-state index < -0.39 is 0 Å². The minimum atomic E-state index is -0.174. The number of halogens is 2. The molecule has 7 nitrogen and oxygen atoms in total. The Morgan fingerprint density at radius 2 is 2.10 bits per heavy atom. The molecule has 0 radical (unpaired) electrons. The summed E-state index contributed by atoms with van der Waals surface area (Å²) in [6.45, 7) is 8.14. The predicted octanol–water partition coefficient (Wildman–Crippen LogP) is 3.78. The van der Waals surface area contributed by atoms with Crippen molar-refractivity contribution < 1.29 is 9.90 Å². The first kappa shape index (κ1) is 22.7. The van der Waals surface area contributed by atoms with Gasteiger partial charge in [0.2, 0.25) is 0 Å². The minimum Gasteiger partial charge on any atom is -0.506 e. The Balaban J connectivity index is 1.81. The van der Waals surface area contributed by atoms with E-state index >= 15 is 0 Å². The lowest BCUT2D eigenvalue weighted by Gasteiger charge is -2.24. The number of phenolic OH excluding ortho intramolecular Hbond substituents is 1. The topological polar surface area (TPSA) is 82.4 Å². The number of anilines is 1. The van der Waals surface area contributed by atoms with Crippen LogP contribution in [0.1, 0.15) is 49.1 Å². The largest absolute Gasteiger partial charge is 0.506 e. The molecular formula is C21H29Cl2N5O2. The van der Waals surface area contributed by atoms with Gasteiger partial charge in [0.25, 0.3) is 5.91 Å². The van der Waals surface area contributed by atoms with Crippen molar-refractivity contribution in [2.45, 2.75) is 45.2 Å². The highest BCUT2D eigenvalue weighted by molar-refractivity contribution is 6.32. The fourth-order valence-corrected chi connectivity index (χ4v) is 4.40. The molecule has 9 heteroatoms. The maximum Gasteiger partial charge on any atom is 0.273 e. The number of imidazole rings is 1. The standard InChI is InChI=1S/C21H29Cl2N5O2/c1-21(2,3)13-8-15(16(29)9-14(13)22)25-11-17-26-19(23)18(28(17)5)20(30)27(4)12-6-7-24-10-12/h8-9,12,24-25,29H,6-7,10-11H2,1-5H3/t12-/m1/s1. The molecule has 1 amide bonds. The third kappa shape index (κ3) is 4.53. The molecule has 1 aliphatic rings. The van der Waals surface area contributed by atoms with Crippen LogP contribution < -0.4 is 10.6 Å². The lowest BCUT2D eigenvalue weighted by molar-refractivity contribution is 0.0734. The molecule has 1 aliphatic heterocycles. The molecule has 0 aliphatic carbocycles. The molecule has 1 aromatic carbocycles. The van der Waals surface area contributed by atoms with Gasteiger partial charge < -0.3 is 25.2 Å². The van der Waals surface area contributed by atoms with Crippen molar-refractivity contribution in [2.75, 3.05) is 25.5 Å². The fraction of sp³-hybridized carbons (Fsp3) is 0.524. The first-order chi connectivity index (χ1) is 14.0. The van der Waals surface area contributed by atoms with Gasteiger partial charge in [0.15, 0.2) is 5.15 Å². The quantitative estimate of drug-likeness (QED) is 0.600. The molecule has 0 saturated carbocycles. The van der Waals surface area contributed by atoms with Gasteiger partial charge in [0.1, 0.15) is 17.3 Å². The summed E-state index contributed by atoms with van der Waals surface area (Å²) in [5.41, 5.74) is 1.65. The maximum atomic E-state index is 13.0. The second kappa shape index (κ2) is 8.65. The van der Waals surface area contributed by atoms with Crippen LogP contribution in [0, 0.1) is 0 Å². The van der Waals surface area contributed by atoms with Gasteiger partial charge in [-0.15, -0.1) is 0 Å². The average Bonchev–Trinajstić information content (AvgIpc) is 3.27. The highest BCUT2D eigenvalue weighted by atomic mass is 35.5. The Hall–Kier alpha value is -1.96. The third-order valence-electron chi connectivity index (χ3n) is 5.58. The summed E-state index contributed by atoms with van der Waals surface area (Å²) in [6, 6.07) is 3.52.